The Bertz CT molecular complexity index is 709. The summed E-state index contributed by atoms with van der Waals surface area (Å²) in [6, 6.07) is 2.42. The third-order valence-corrected chi connectivity index (χ3v) is 6.14. The van der Waals surface area contributed by atoms with Crippen LogP contribution in [0.2, 0.25) is 0 Å². The lowest BCUT2D eigenvalue weighted by Crippen LogP contribution is -2.37. The van der Waals surface area contributed by atoms with Gasteiger partial charge in [0, 0.05) is 24.6 Å². The second-order valence-corrected chi connectivity index (χ2v) is 7.37. The van der Waals surface area contributed by atoms with Crippen LogP contribution in [0.15, 0.2) is 18.2 Å². The number of ketones is 1. The molecule has 3 unspecified atom stereocenters. The summed E-state index contributed by atoms with van der Waals surface area (Å²) in [6.07, 6.45) is 8.46. The molecule has 4 rings (SSSR count). The van der Waals surface area contributed by atoms with Gasteiger partial charge in [0.15, 0.2) is 17.3 Å². The summed E-state index contributed by atoms with van der Waals surface area (Å²) < 4.78 is 5.46. The molecule has 0 spiro atoms. The maximum Gasteiger partial charge on any atom is 0.161 e. The number of hydrogen-bond donors (Lipinski definition) is 1. The molecule has 4 heteroatoms. The minimum atomic E-state index is 0.219. The molecule has 0 saturated heterocycles. The molecule has 1 aromatic rings. The normalized spacial score (nSPS) is 29.4. The molecule has 24 heavy (non-hydrogen) atoms. The van der Waals surface area contributed by atoms with E-state index < -0.39 is 0 Å². The van der Waals surface area contributed by atoms with E-state index in [-0.39, 0.29) is 11.7 Å². The number of phenolic OH excluding ortho intramolecular Hbond substituents is 1. The third kappa shape index (κ3) is 2.35. The van der Waals surface area contributed by atoms with Crippen LogP contribution in [0.5, 0.6) is 11.5 Å². The summed E-state index contributed by atoms with van der Waals surface area (Å²) in [7, 11) is 3.80. The molecule has 128 valence electrons. The van der Waals surface area contributed by atoms with Crippen LogP contribution < -0.4 is 4.74 Å². The molecule has 1 heterocycles. The Morgan fingerprint density at radius 2 is 2.04 bits per heavy atom. The monoisotopic (exact) mass is 327 g/mol. The van der Waals surface area contributed by atoms with Gasteiger partial charge in [-0.05, 0) is 67.8 Å². The molecule has 0 bridgehead atoms. The fourth-order valence-electron chi connectivity index (χ4n) is 4.87. The number of methoxy groups -OCH3 is 1. The summed E-state index contributed by atoms with van der Waals surface area (Å²) in [6.45, 7) is 1.05. The van der Waals surface area contributed by atoms with Crippen LogP contribution in [-0.4, -0.2) is 36.5 Å². The van der Waals surface area contributed by atoms with Crippen molar-refractivity contribution in [3.63, 3.8) is 0 Å². The summed E-state index contributed by atoms with van der Waals surface area (Å²) in [5.74, 6) is 1.73. The zero-order valence-corrected chi connectivity index (χ0v) is 14.4. The molecule has 3 aliphatic rings. The number of rotatable bonds is 2. The molecular formula is C20H25NO3. The van der Waals surface area contributed by atoms with Gasteiger partial charge >= 0.3 is 0 Å². The maximum absolute atomic E-state index is 11.5. The van der Waals surface area contributed by atoms with E-state index in [4.69, 9.17) is 4.74 Å². The van der Waals surface area contributed by atoms with Gasteiger partial charge < -0.3 is 9.84 Å². The maximum atomic E-state index is 11.5. The van der Waals surface area contributed by atoms with Gasteiger partial charge in [-0.2, -0.15) is 0 Å². The summed E-state index contributed by atoms with van der Waals surface area (Å²) in [5, 5.41) is 10.9. The third-order valence-electron chi connectivity index (χ3n) is 6.14. The lowest BCUT2D eigenvalue weighted by molar-refractivity contribution is -0.115. The number of nitrogens with zero attached hydrogens (tertiary/aromatic N) is 1. The lowest BCUT2D eigenvalue weighted by atomic mass is 9.68. The Kier molecular flexibility index (Phi) is 3.87. The predicted octanol–water partition coefficient (Wildman–Crippen LogP) is 3.34. The number of likely N-dealkylation sites (N-methyl/N-ethyl adjacent to an activating group) is 1. The van der Waals surface area contributed by atoms with E-state index in [2.05, 4.69) is 18.0 Å². The van der Waals surface area contributed by atoms with E-state index in [1.807, 2.05) is 6.07 Å². The van der Waals surface area contributed by atoms with Crippen molar-refractivity contribution in [1.29, 1.82) is 0 Å². The smallest absolute Gasteiger partial charge is 0.161 e. The van der Waals surface area contributed by atoms with Crippen LogP contribution >= 0.6 is 0 Å². The van der Waals surface area contributed by atoms with Gasteiger partial charge in [-0.25, -0.2) is 0 Å². The average molecular weight is 327 g/mol. The summed E-state index contributed by atoms with van der Waals surface area (Å²) in [5.41, 5.74) is 3.73. The van der Waals surface area contributed by atoms with Gasteiger partial charge in [-0.3, -0.25) is 9.69 Å². The average Bonchev–Trinajstić information content (AvgIpc) is 2.60. The van der Waals surface area contributed by atoms with Crippen molar-refractivity contribution in [2.75, 3.05) is 20.7 Å². The van der Waals surface area contributed by atoms with E-state index in [0.717, 1.165) is 37.8 Å². The van der Waals surface area contributed by atoms with E-state index >= 15 is 0 Å². The van der Waals surface area contributed by atoms with Gasteiger partial charge in [0.2, 0.25) is 0 Å². The number of phenols is 1. The van der Waals surface area contributed by atoms with Crippen molar-refractivity contribution in [3.05, 3.63) is 34.9 Å². The highest BCUT2D eigenvalue weighted by Crippen LogP contribution is 2.53. The zero-order valence-electron chi connectivity index (χ0n) is 14.4. The van der Waals surface area contributed by atoms with Gasteiger partial charge in [-0.1, -0.05) is 6.08 Å². The fourth-order valence-corrected chi connectivity index (χ4v) is 4.87. The Balaban J connectivity index is 1.85. The van der Waals surface area contributed by atoms with Crippen molar-refractivity contribution in [2.24, 2.45) is 5.92 Å². The standard InChI is InChI=1S/C20H25NO3/c1-21-10-9-13-11-17(24-2)20(23)19-15(7-8-16(21)18(13)19)12-3-5-14(22)6-4-12/h3,5,11-12,15-16,23H,4,6-10H2,1-2H3. The summed E-state index contributed by atoms with van der Waals surface area (Å²) >= 11 is 0. The SMILES string of the molecule is COc1cc2c3c(c1O)C(C1C=CC(=O)CC1)CCC3N(C)CC2. The first-order valence-electron chi connectivity index (χ1n) is 8.94. The van der Waals surface area contributed by atoms with Gasteiger partial charge in [0.25, 0.3) is 0 Å². The van der Waals surface area contributed by atoms with Crippen LogP contribution in [0.4, 0.5) is 0 Å². The van der Waals surface area contributed by atoms with E-state index in [9.17, 15) is 9.90 Å². The van der Waals surface area contributed by atoms with Crippen molar-refractivity contribution in [3.8, 4) is 11.5 Å². The minimum Gasteiger partial charge on any atom is -0.504 e. The predicted molar refractivity (Wildman–Crippen MR) is 92.6 cm³/mol. The molecule has 1 N–H and O–H groups in total. The molecule has 1 aromatic carbocycles. The van der Waals surface area contributed by atoms with Crippen molar-refractivity contribution in [1.82, 2.24) is 4.90 Å². The van der Waals surface area contributed by atoms with Gasteiger partial charge in [0.1, 0.15) is 0 Å². The van der Waals surface area contributed by atoms with Crippen LogP contribution in [0.3, 0.4) is 0 Å². The van der Waals surface area contributed by atoms with Crippen LogP contribution in [-0.2, 0) is 11.2 Å². The molecule has 0 fully saturated rings. The van der Waals surface area contributed by atoms with E-state index in [0.29, 0.717) is 29.9 Å². The number of allylic oxidation sites excluding steroid dienone is 2. The largest absolute Gasteiger partial charge is 0.504 e. The topological polar surface area (TPSA) is 49.8 Å². The lowest BCUT2D eigenvalue weighted by Gasteiger charge is -2.43. The van der Waals surface area contributed by atoms with Crippen LogP contribution in [0, 0.1) is 5.92 Å². The van der Waals surface area contributed by atoms with Crippen molar-refractivity contribution in [2.45, 2.75) is 44.1 Å². The van der Waals surface area contributed by atoms with Crippen molar-refractivity contribution < 1.29 is 14.6 Å². The molecule has 2 aliphatic carbocycles. The number of benzene rings is 1. The minimum absolute atomic E-state index is 0.219. The highest BCUT2D eigenvalue weighted by atomic mass is 16.5. The molecular weight excluding hydrogens is 302 g/mol. The first-order valence-corrected chi connectivity index (χ1v) is 8.94. The molecule has 0 saturated carbocycles. The molecule has 4 nitrogen and oxygen atoms in total. The first kappa shape index (κ1) is 15.7. The van der Waals surface area contributed by atoms with Crippen LogP contribution in [0.1, 0.15) is 54.3 Å². The molecule has 0 amide bonds. The number of hydrogen-bond acceptors (Lipinski definition) is 4. The Morgan fingerprint density at radius 3 is 2.75 bits per heavy atom. The Labute approximate surface area is 143 Å². The quantitative estimate of drug-likeness (QED) is 0.905. The second-order valence-electron chi connectivity index (χ2n) is 7.37. The summed E-state index contributed by atoms with van der Waals surface area (Å²) in [4.78, 5) is 14.0. The number of carbonyl (C=O) groups is 1. The van der Waals surface area contributed by atoms with Gasteiger partial charge in [0.05, 0.1) is 7.11 Å². The Morgan fingerprint density at radius 1 is 1.21 bits per heavy atom. The molecule has 0 aromatic heterocycles. The van der Waals surface area contributed by atoms with E-state index in [1.165, 1.54) is 11.1 Å². The van der Waals surface area contributed by atoms with Crippen molar-refractivity contribution >= 4 is 5.78 Å². The Hall–Kier alpha value is -1.81. The first-order chi connectivity index (χ1) is 11.6. The fraction of sp³-hybridized carbons (Fsp3) is 0.550. The highest BCUT2D eigenvalue weighted by molar-refractivity contribution is 5.90. The molecule has 0 radical (unpaired) electrons. The molecule has 1 aliphatic heterocycles. The highest BCUT2D eigenvalue weighted by Gasteiger charge is 2.40. The number of ether oxygens (including phenoxy) is 1. The van der Waals surface area contributed by atoms with E-state index in [1.54, 1.807) is 13.2 Å². The molecule has 3 atom stereocenters. The zero-order chi connectivity index (χ0) is 16.8. The second kappa shape index (κ2) is 5.92. The number of aromatic hydroxyl groups is 1. The van der Waals surface area contributed by atoms with Gasteiger partial charge in [-0.15, -0.1) is 0 Å². The number of carbonyl (C=O) groups excluding carboxylic acids is 1. The van der Waals surface area contributed by atoms with Crippen LogP contribution in [0.25, 0.3) is 0 Å².